The molecular weight excluding hydrogens is 392 g/mol. The van der Waals surface area contributed by atoms with E-state index in [1.807, 2.05) is 36.4 Å². The zero-order valence-electron chi connectivity index (χ0n) is 18.8. The average molecular weight is 425 g/mol. The van der Waals surface area contributed by atoms with Crippen LogP contribution in [0.2, 0.25) is 0 Å². The highest BCUT2D eigenvalue weighted by molar-refractivity contribution is 5.96. The fourth-order valence-electron chi connectivity index (χ4n) is 2.91. The van der Waals surface area contributed by atoms with E-state index in [4.69, 9.17) is 4.74 Å². The van der Waals surface area contributed by atoms with Crippen LogP contribution in [0.4, 0.5) is 5.69 Å². The lowest BCUT2D eigenvalue weighted by Crippen LogP contribution is -2.32. The maximum atomic E-state index is 12.2. The highest BCUT2D eigenvalue weighted by Gasteiger charge is 2.15. The van der Waals surface area contributed by atoms with Crippen LogP contribution >= 0.6 is 0 Å². The number of benzene rings is 2. The molecule has 6 heteroatoms. The average Bonchev–Trinajstić information content (AvgIpc) is 2.75. The van der Waals surface area contributed by atoms with Gasteiger partial charge in [-0.2, -0.15) is 0 Å². The summed E-state index contributed by atoms with van der Waals surface area (Å²) in [5.41, 5.74) is 3.44. The topological polar surface area (TPSA) is 84.5 Å². The van der Waals surface area contributed by atoms with E-state index < -0.39 is 18.5 Å². The third-order valence-electron chi connectivity index (χ3n) is 4.83. The number of aryl methyl sites for hydroxylation is 1. The van der Waals surface area contributed by atoms with Gasteiger partial charge in [0.15, 0.2) is 6.61 Å². The summed E-state index contributed by atoms with van der Waals surface area (Å²) in [5, 5.41) is 5.19. The molecule has 0 unspecified atom stereocenters. The van der Waals surface area contributed by atoms with Crippen molar-refractivity contribution in [2.45, 2.75) is 52.4 Å². The predicted molar refractivity (Wildman–Crippen MR) is 122 cm³/mol. The molecule has 0 spiro atoms. The summed E-state index contributed by atoms with van der Waals surface area (Å²) in [6.45, 7) is 7.71. The van der Waals surface area contributed by atoms with E-state index in [0.29, 0.717) is 11.3 Å². The third-order valence-corrected chi connectivity index (χ3v) is 4.83. The standard InChI is InChI=1S/C25H32N2O4/c1-5-6-7-18-8-14-21(15-9-18)27-22(28)17-31-23(29)16-26-24(30)19-10-12-20(13-11-19)25(2,3)4/h8-15H,5-7,16-17H2,1-4H3,(H,26,30)(H,27,28). The monoisotopic (exact) mass is 424 g/mol. The second kappa shape index (κ2) is 11.3. The van der Waals surface area contributed by atoms with Gasteiger partial charge >= 0.3 is 5.97 Å². The molecule has 0 bridgehead atoms. The largest absolute Gasteiger partial charge is 0.454 e. The lowest BCUT2D eigenvalue weighted by atomic mass is 9.87. The number of unbranched alkanes of at least 4 members (excludes halogenated alkanes) is 1. The smallest absolute Gasteiger partial charge is 0.325 e. The van der Waals surface area contributed by atoms with Gasteiger partial charge in [0.2, 0.25) is 0 Å². The van der Waals surface area contributed by atoms with Crippen LogP contribution in [0, 0.1) is 0 Å². The molecule has 0 saturated carbocycles. The Hall–Kier alpha value is -3.15. The van der Waals surface area contributed by atoms with Gasteiger partial charge in [-0.1, -0.05) is 58.4 Å². The molecule has 0 aliphatic carbocycles. The Morgan fingerprint density at radius 3 is 2.16 bits per heavy atom. The highest BCUT2D eigenvalue weighted by Crippen LogP contribution is 2.22. The van der Waals surface area contributed by atoms with E-state index in [9.17, 15) is 14.4 Å². The van der Waals surface area contributed by atoms with Gasteiger partial charge in [0.05, 0.1) is 0 Å². The number of hydrogen-bond donors (Lipinski definition) is 2. The molecular formula is C25H32N2O4. The molecule has 0 radical (unpaired) electrons. The first-order valence-corrected chi connectivity index (χ1v) is 10.6. The summed E-state index contributed by atoms with van der Waals surface area (Å²) in [4.78, 5) is 36.0. The molecule has 0 aliphatic rings. The number of esters is 1. The van der Waals surface area contributed by atoms with E-state index in [1.54, 1.807) is 12.1 Å². The van der Waals surface area contributed by atoms with Crippen LogP contribution in [-0.4, -0.2) is 30.9 Å². The molecule has 0 heterocycles. The van der Waals surface area contributed by atoms with E-state index in [0.717, 1.165) is 24.8 Å². The van der Waals surface area contributed by atoms with Gasteiger partial charge in [-0.15, -0.1) is 0 Å². The molecule has 2 amide bonds. The lowest BCUT2D eigenvalue weighted by Gasteiger charge is -2.19. The molecule has 31 heavy (non-hydrogen) atoms. The van der Waals surface area contributed by atoms with Crippen LogP contribution in [-0.2, 0) is 26.2 Å². The number of anilines is 1. The molecule has 0 saturated heterocycles. The van der Waals surface area contributed by atoms with Gasteiger partial charge in [0, 0.05) is 11.3 Å². The number of hydrogen-bond acceptors (Lipinski definition) is 4. The van der Waals surface area contributed by atoms with E-state index in [-0.39, 0.29) is 17.9 Å². The molecule has 2 aromatic carbocycles. The zero-order chi connectivity index (χ0) is 22.9. The van der Waals surface area contributed by atoms with Gasteiger partial charge in [-0.05, 0) is 53.6 Å². The van der Waals surface area contributed by atoms with E-state index >= 15 is 0 Å². The number of amides is 2. The second-order valence-electron chi connectivity index (χ2n) is 8.52. The third kappa shape index (κ3) is 8.24. The molecule has 166 valence electrons. The highest BCUT2D eigenvalue weighted by atomic mass is 16.5. The number of nitrogens with one attached hydrogen (secondary N) is 2. The van der Waals surface area contributed by atoms with Crippen molar-refractivity contribution >= 4 is 23.5 Å². The molecule has 0 aromatic heterocycles. The SMILES string of the molecule is CCCCc1ccc(NC(=O)COC(=O)CNC(=O)c2ccc(C(C)(C)C)cc2)cc1. The Morgan fingerprint density at radius 1 is 0.935 bits per heavy atom. The maximum absolute atomic E-state index is 12.2. The van der Waals surface area contributed by atoms with Crippen molar-refractivity contribution in [2.24, 2.45) is 0 Å². The van der Waals surface area contributed by atoms with Crippen molar-refractivity contribution in [1.82, 2.24) is 5.32 Å². The number of rotatable bonds is 9. The molecule has 2 rings (SSSR count). The first kappa shape index (κ1) is 24.1. The Morgan fingerprint density at radius 2 is 1.58 bits per heavy atom. The van der Waals surface area contributed by atoms with Crippen molar-refractivity contribution in [3.05, 3.63) is 65.2 Å². The molecule has 0 aliphatic heterocycles. The Balaban J connectivity index is 1.72. The number of ether oxygens (including phenoxy) is 1. The molecule has 0 atom stereocenters. The summed E-state index contributed by atoms with van der Waals surface area (Å²) in [5.74, 6) is -1.48. The van der Waals surface area contributed by atoms with E-state index in [1.165, 1.54) is 5.56 Å². The van der Waals surface area contributed by atoms with E-state index in [2.05, 4.69) is 38.3 Å². The zero-order valence-corrected chi connectivity index (χ0v) is 18.8. The molecule has 0 fully saturated rings. The van der Waals surface area contributed by atoms with Crippen molar-refractivity contribution < 1.29 is 19.1 Å². The summed E-state index contributed by atoms with van der Waals surface area (Å²) in [6.07, 6.45) is 3.27. The van der Waals surface area contributed by atoms with Crippen molar-refractivity contribution in [2.75, 3.05) is 18.5 Å². The maximum Gasteiger partial charge on any atom is 0.325 e. The fraction of sp³-hybridized carbons (Fsp3) is 0.400. The van der Waals surface area contributed by atoms with Gasteiger partial charge in [-0.3, -0.25) is 14.4 Å². The number of carbonyl (C=O) groups is 3. The predicted octanol–water partition coefficient (Wildman–Crippen LogP) is 4.24. The van der Waals surface area contributed by atoms with Crippen LogP contribution in [0.5, 0.6) is 0 Å². The van der Waals surface area contributed by atoms with Crippen LogP contribution < -0.4 is 10.6 Å². The minimum absolute atomic E-state index is 0.00349. The summed E-state index contributed by atoms with van der Waals surface area (Å²) >= 11 is 0. The van der Waals surface area contributed by atoms with Crippen molar-refractivity contribution in [3.63, 3.8) is 0 Å². The van der Waals surface area contributed by atoms with Crippen molar-refractivity contribution in [1.29, 1.82) is 0 Å². The first-order chi connectivity index (χ1) is 14.7. The van der Waals surface area contributed by atoms with Gasteiger partial charge < -0.3 is 15.4 Å². The summed E-state index contributed by atoms with van der Waals surface area (Å²) in [7, 11) is 0. The van der Waals surface area contributed by atoms with Gasteiger partial charge in [-0.25, -0.2) is 0 Å². The summed E-state index contributed by atoms with van der Waals surface area (Å²) in [6, 6.07) is 14.8. The minimum Gasteiger partial charge on any atom is -0.454 e. The van der Waals surface area contributed by atoms with Crippen LogP contribution in [0.25, 0.3) is 0 Å². The summed E-state index contributed by atoms with van der Waals surface area (Å²) < 4.78 is 4.94. The van der Waals surface area contributed by atoms with Crippen molar-refractivity contribution in [3.8, 4) is 0 Å². The van der Waals surface area contributed by atoms with Gasteiger partial charge in [0.1, 0.15) is 6.54 Å². The Kier molecular flexibility index (Phi) is 8.79. The Labute approximate surface area is 184 Å². The van der Waals surface area contributed by atoms with Crippen LogP contribution in [0.3, 0.4) is 0 Å². The first-order valence-electron chi connectivity index (χ1n) is 10.6. The quantitative estimate of drug-likeness (QED) is 0.590. The lowest BCUT2D eigenvalue weighted by molar-refractivity contribution is -0.146. The minimum atomic E-state index is -0.676. The molecule has 2 N–H and O–H groups in total. The molecule has 2 aromatic rings. The fourth-order valence-corrected chi connectivity index (χ4v) is 2.91. The second-order valence-corrected chi connectivity index (χ2v) is 8.52. The van der Waals surface area contributed by atoms with Crippen LogP contribution in [0.1, 0.15) is 62.0 Å². The van der Waals surface area contributed by atoms with Crippen LogP contribution in [0.15, 0.2) is 48.5 Å². The molecule has 6 nitrogen and oxygen atoms in total. The van der Waals surface area contributed by atoms with Gasteiger partial charge in [0.25, 0.3) is 11.8 Å². The Bertz CT molecular complexity index is 881. The normalized spacial score (nSPS) is 11.0. The number of carbonyl (C=O) groups excluding carboxylic acids is 3.